The van der Waals surface area contributed by atoms with Gasteiger partial charge in [-0.1, -0.05) is 109 Å². The van der Waals surface area contributed by atoms with Crippen molar-refractivity contribution in [3.05, 3.63) is 164 Å². The largest absolute Gasteiger partial charge is 0.455 e. The fourth-order valence-corrected chi connectivity index (χ4v) is 7.64. The average Bonchev–Trinajstić information content (AvgIpc) is 3.67. The van der Waals surface area contributed by atoms with E-state index in [0.29, 0.717) is 0 Å². The monoisotopic (exact) mass is 593 g/mol. The zero-order chi connectivity index (χ0) is 29.7. The topological polar surface area (TPSA) is 16.4 Å². The van der Waals surface area contributed by atoms with Crippen molar-refractivity contribution in [1.82, 2.24) is 0 Å². The van der Waals surface area contributed by atoms with Crippen LogP contribution in [0.4, 0.5) is 17.1 Å². The summed E-state index contributed by atoms with van der Waals surface area (Å²) in [4.78, 5) is 2.34. The molecule has 2 heterocycles. The fourth-order valence-electron chi connectivity index (χ4n) is 6.50. The molecule has 0 N–H and O–H groups in total. The average molecular weight is 594 g/mol. The molecular formula is C42H27NOS. The summed E-state index contributed by atoms with van der Waals surface area (Å²) in [6.07, 6.45) is 0. The second-order valence-corrected chi connectivity index (χ2v) is 12.4. The maximum absolute atomic E-state index is 6.42. The zero-order valence-corrected chi connectivity index (χ0v) is 25.2. The summed E-state index contributed by atoms with van der Waals surface area (Å²) in [6.45, 7) is 0. The summed E-state index contributed by atoms with van der Waals surface area (Å²) in [5.74, 6) is 0. The van der Waals surface area contributed by atoms with E-state index in [9.17, 15) is 0 Å². The Kier molecular flexibility index (Phi) is 6.03. The fraction of sp³-hybridized carbons (Fsp3) is 0. The molecule has 0 aliphatic rings. The summed E-state index contributed by atoms with van der Waals surface area (Å²) in [5.41, 5.74) is 9.84. The highest BCUT2D eigenvalue weighted by Gasteiger charge is 2.16. The van der Waals surface area contributed by atoms with E-state index in [4.69, 9.17) is 4.42 Å². The molecule has 0 saturated carbocycles. The minimum absolute atomic E-state index is 0.903. The van der Waals surface area contributed by atoms with Crippen molar-refractivity contribution in [3.63, 3.8) is 0 Å². The van der Waals surface area contributed by atoms with Crippen molar-refractivity contribution in [2.75, 3.05) is 4.90 Å². The van der Waals surface area contributed by atoms with E-state index >= 15 is 0 Å². The number of hydrogen-bond donors (Lipinski definition) is 0. The summed E-state index contributed by atoms with van der Waals surface area (Å²) in [7, 11) is 0. The third-order valence-electron chi connectivity index (χ3n) is 8.68. The first-order valence-corrected chi connectivity index (χ1v) is 16.0. The molecular weight excluding hydrogens is 567 g/mol. The van der Waals surface area contributed by atoms with Crippen molar-refractivity contribution in [2.45, 2.75) is 0 Å². The van der Waals surface area contributed by atoms with Crippen molar-refractivity contribution in [3.8, 4) is 22.3 Å². The molecule has 212 valence electrons. The quantitative estimate of drug-likeness (QED) is 0.197. The molecule has 9 aromatic rings. The van der Waals surface area contributed by atoms with E-state index in [1.807, 2.05) is 17.4 Å². The predicted molar refractivity (Wildman–Crippen MR) is 192 cm³/mol. The molecule has 45 heavy (non-hydrogen) atoms. The highest BCUT2D eigenvalue weighted by Crippen LogP contribution is 2.42. The van der Waals surface area contributed by atoms with Gasteiger partial charge in [0.05, 0.1) is 0 Å². The Morgan fingerprint density at radius 2 is 1.07 bits per heavy atom. The van der Waals surface area contributed by atoms with Crippen LogP contribution in [-0.2, 0) is 0 Å². The van der Waals surface area contributed by atoms with Crippen LogP contribution >= 0.6 is 11.3 Å². The molecule has 0 amide bonds. The number of fused-ring (bicyclic) bond motifs is 6. The lowest BCUT2D eigenvalue weighted by Gasteiger charge is -2.25. The van der Waals surface area contributed by atoms with Crippen molar-refractivity contribution in [1.29, 1.82) is 0 Å². The predicted octanol–water partition coefficient (Wildman–Crippen LogP) is 12.8. The maximum Gasteiger partial charge on any atom is 0.143 e. The van der Waals surface area contributed by atoms with Gasteiger partial charge < -0.3 is 9.32 Å². The van der Waals surface area contributed by atoms with Gasteiger partial charge in [-0.2, -0.15) is 0 Å². The summed E-state index contributed by atoms with van der Waals surface area (Å²) < 4.78 is 9.03. The molecule has 0 bridgehead atoms. The number of anilines is 3. The summed E-state index contributed by atoms with van der Waals surface area (Å²) >= 11 is 1.85. The molecule has 0 unspecified atom stereocenters. The van der Waals surface area contributed by atoms with E-state index < -0.39 is 0 Å². The van der Waals surface area contributed by atoms with Gasteiger partial charge in [0, 0.05) is 53.6 Å². The molecule has 0 saturated heterocycles. The van der Waals surface area contributed by atoms with Crippen LogP contribution in [0.5, 0.6) is 0 Å². The van der Waals surface area contributed by atoms with Crippen LogP contribution < -0.4 is 4.90 Å². The van der Waals surface area contributed by atoms with E-state index in [0.717, 1.165) is 50.1 Å². The number of para-hydroxylation sites is 2. The summed E-state index contributed by atoms with van der Waals surface area (Å²) in [6, 6.07) is 58.4. The van der Waals surface area contributed by atoms with E-state index in [-0.39, 0.29) is 0 Å². The van der Waals surface area contributed by atoms with Gasteiger partial charge in [0.15, 0.2) is 0 Å². The SMILES string of the molecule is c1ccc(-c2cccc3c2oc2ccc(-c4ccc(N(c5ccccc5)c5ccc6c(c5)sc5ccccc56)cc4)cc23)cc1. The Hall–Kier alpha value is -5.64. The van der Waals surface area contributed by atoms with Crippen LogP contribution in [0.3, 0.4) is 0 Å². The Bertz CT molecular complexity index is 2470. The van der Waals surface area contributed by atoms with Crippen molar-refractivity contribution >= 4 is 70.5 Å². The molecule has 2 aromatic heterocycles. The second-order valence-electron chi connectivity index (χ2n) is 11.4. The zero-order valence-electron chi connectivity index (χ0n) is 24.4. The van der Waals surface area contributed by atoms with Gasteiger partial charge in [-0.15, -0.1) is 11.3 Å². The lowest BCUT2D eigenvalue weighted by atomic mass is 10.00. The molecule has 3 heteroatoms. The summed E-state index contributed by atoms with van der Waals surface area (Å²) in [5, 5.41) is 4.89. The third-order valence-corrected chi connectivity index (χ3v) is 9.81. The molecule has 0 radical (unpaired) electrons. The number of benzene rings is 7. The highest BCUT2D eigenvalue weighted by atomic mass is 32.1. The first-order chi connectivity index (χ1) is 22.3. The molecule has 0 fully saturated rings. The van der Waals surface area contributed by atoms with Crippen molar-refractivity contribution in [2.24, 2.45) is 0 Å². The normalized spacial score (nSPS) is 11.6. The van der Waals surface area contributed by atoms with Crippen LogP contribution in [0.15, 0.2) is 168 Å². The minimum Gasteiger partial charge on any atom is -0.455 e. The molecule has 0 aliphatic heterocycles. The lowest BCUT2D eigenvalue weighted by molar-refractivity contribution is 0.670. The van der Waals surface area contributed by atoms with Crippen LogP contribution in [0.25, 0.3) is 64.4 Å². The smallest absolute Gasteiger partial charge is 0.143 e. The molecule has 0 aliphatic carbocycles. The van der Waals surface area contributed by atoms with Crippen LogP contribution in [0.2, 0.25) is 0 Å². The van der Waals surface area contributed by atoms with Crippen LogP contribution in [-0.4, -0.2) is 0 Å². The van der Waals surface area contributed by atoms with Gasteiger partial charge in [0.25, 0.3) is 0 Å². The highest BCUT2D eigenvalue weighted by molar-refractivity contribution is 7.25. The Morgan fingerprint density at radius 3 is 1.91 bits per heavy atom. The molecule has 7 aromatic carbocycles. The van der Waals surface area contributed by atoms with Gasteiger partial charge in [-0.3, -0.25) is 0 Å². The first kappa shape index (κ1) is 25.8. The van der Waals surface area contributed by atoms with Crippen LogP contribution in [0, 0.1) is 0 Å². The van der Waals surface area contributed by atoms with E-state index in [1.54, 1.807) is 0 Å². The molecule has 9 rings (SSSR count). The van der Waals surface area contributed by atoms with Gasteiger partial charge in [0.2, 0.25) is 0 Å². The van der Waals surface area contributed by atoms with Gasteiger partial charge >= 0.3 is 0 Å². The van der Waals surface area contributed by atoms with Gasteiger partial charge in [0.1, 0.15) is 11.2 Å². The number of rotatable bonds is 5. The first-order valence-electron chi connectivity index (χ1n) is 15.2. The van der Waals surface area contributed by atoms with Crippen LogP contribution in [0.1, 0.15) is 0 Å². The standard InChI is InChI=1S/C42H27NOS/c1-3-10-29(11-4-1)34-15-9-16-37-38-26-30(20-25-39(38)44-42(34)37)28-18-21-32(22-19-28)43(31-12-5-2-6-13-31)33-23-24-36-35-14-7-8-17-40(35)45-41(36)27-33/h1-27H. The van der Waals surface area contributed by atoms with E-state index in [1.165, 1.54) is 31.3 Å². The molecule has 0 spiro atoms. The Morgan fingerprint density at radius 1 is 0.400 bits per heavy atom. The number of hydrogen-bond acceptors (Lipinski definition) is 3. The molecule has 2 nitrogen and oxygen atoms in total. The number of furan rings is 1. The number of nitrogens with zero attached hydrogens (tertiary/aromatic N) is 1. The minimum atomic E-state index is 0.903. The van der Waals surface area contributed by atoms with Crippen molar-refractivity contribution < 1.29 is 4.42 Å². The molecule has 0 atom stereocenters. The van der Waals surface area contributed by atoms with E-state index in [2.05, 4.69) is 163 Å². The Balaban J connectivity index is 1.11. The van der Waals surface area contributed by atoms with Gasteiger partial charge in [-0.25, -0.2) is 0 Å². The Labute approximate surface area is 265 Å². The second kappa shape index (κ2) is 10.5. The number of thiophene rings is 1. The lowest BCUT2D eigenvalue weighted by Crippen LogP contribution is -2.09. The third kappa shape index (κ3) is 4.40. The maximum atomic E-state index is 6.42. The van der Waals surface area contributed by atoms with Gasteiger partial charge in [-0.05, 0) is 71.3 Å².